The van der Waals surface area contributed by atoms with Crippen molar-refractivity contribution in [3.05, 3.63) is 47.7 Å². The molecule has 154 valence electrons. The van der Waals surface area contributed by atoms with E-state index in [1.165, 1.54) is 18.4 Å². The molecule has 28 heavy (non-hydrogen) atoms. The Balaban J connectivity index is 0.00000140. The highest BCUT2D eigenvalue weighted by molar-refractivity contribution is 5.85. The van der Waals surface area contributed by atoms with Crippen molar-refractivity contribution in [3.63, 3.8) is 0 Å². The van der Waals surface area contributed by atoms with Crippen molar-refractivity contribution in [1.29, 1.82) is 0 Å². The van der Waals surface area contributed by atoms with Crippen molar-refractivity contribution in [2.45, 2.75) is 43.6 Å². The Labute approximate surface area is 180 Å². The van der Waals surface area contributed by atoms with Crippen LogP contribution in [0.15, 0.2) is 36.4 Å². The van der Waals surface area contributed by atoms with Gasteiger partial charge in [-0.25, -0.2) is 4.98 Å². The van der Waals surface area contributed by atoms with Gasteiger partial charge in [-0.1, -0.05) is 30.3 Å². The standard InChI is InChI=1S/C21H29N5.2ClH/c1-25(2)21-23-19(17-12-18(22)13-17)14-20(24-21)26-10-8-16(9-11-26)15-6-4-3-5-7-15;;/h3-7,14,16-18H,8-13,22H2,1-2H3;2*1H. The van der Waals surface area contributed by atoms with Crippen LogP contribution in [0.5, 0.6) is 0 Å². The maximum Gasteiger partial charge on any atom is 0.227 e. The summed E-state index contributed by atoms with van der Waals surface area (Å²) < 4.78 is 0. The van der Waals surface area contributed by atoms with Crippen LogP contribution in [-0.2, 0) is 0 Å². The van der Waals surface area contributed by atoms with Crippen LogP contribution in [0.1, 0.15) is 48.8 Å². The molecule has 2 aromatic rings. The molecule has 0 spiro atoms. The highest BCUT2D eigenvalue weighted by Crippen LogP contribution is 2.37. The summed E-state index contributed by atoms with van der Waals surface area (Å²) in [7, 11) is 4.02. The van der Waals surface area contributed by atoms with Gasteiger partial charge in [0.2, 0.25) is 5.95 Å². The number of benzene rings is 1. The van der Waals surface area contributed by atoms with Gasteiger partial charge in [0, 0.05) is 45.2 Å². The third-order valence-corrected chi connectivity index (χ3v) is 5.80. The highest BCUT2D eigenvalue weighted by atomic mass is 35.5. The largest absolute Gasteiger partial charge is 0.356 e. The van der Waals surface area contributed by atoms with Gasteiger partial charge in [0.1, 0.15) is 5.82 Å². The number of rotatable bonds is 4. The molecule has 0 atom stereocenters. The second-order valence-corrected chi connectivity index (χ2v) is 7.95. The first-order chi connectivity index (χ1) is 12.6. The SMILES string of the molecule is CN(C)c1nc(C2CC(N)C2)cc(N2CCC(c3ccccc3)CC2)n1.Cl.Cl. The van der Waals surface area contributed by atoms with Gasteiger partial charge in [-0.2, -0.15) is 4.98 Å². The molecule has 1 aliphatic heterocycles. The van der Waals surface area contributed by atoms with Crippen LogP contribution in [0, 0.1) is 0 Å². The molecule has 1 aromatic carbocycles. The van der Waals surface area contributed by atoms with Crippen molar-refractivity contribution in [3.8, 4) is 0 Å². The van der Waals surface area contributed by atoms with E-state index in [-0.39, 0.29) is 24.8 Å². The summed E-state index contributed by atoms with van der Waals surface area (Å²) in [4.78, 5) is 14.0. The van der Waals surface area contributed by atoms with E-state index < -0.39 is 0 Å². The van der Waals surface area contributed by atoms with Gasteiger partial charge in [0.15, 0.2) is 0 Å². The van der Waals surface area contributed by atoms with Crippen LogP contribution >= 0.6 is 24.8 Å². The van der Waals surface area contributed by atoms with E-state index in [9.17, 15) is 0 Å². The summed E-state index contributed by atoms with van der Waals surface area (Å²) in [6, 6.07) is 13.4. The quantitative estimate of drug-likeness (QED) is 0.805. The number of nitrogens with two attached hydrogens (primary N) is 1. The van der Waals surface area contributed by atoms with Crippen LogP contribution < -0.4 is 15.5 Å². The molecule has 2 heterocycles. The minimum Gasteiger partial charge on any atom is -0.356 e. The van der Waals surface area contributed by atoms with Crippen molar-refractivity contribution < 1.29 is 0 Å². The normalized spacial score (nSPS) is 21.9. The zero-order valence-corrected chi connectivity index (χ0v) is 18.3. The zero-order chi connectivity index (χ0) is 18.1. The average molecular weight is 424 g/mol. The fraction of sp³-hybridized carbons (Fsp3) is 0.524. The maximum absolute atomic E-state index is 5.99. The van der Waals surface area contributed by atoms with Gasteiger partial charge in [0.25, 0.3) is 0 Å². The molecular weight excluding hydrogens is 393 g/mol. The molecule has 1 aromatic heterocycles. The van der Waals surface area contributed by atoms with Gasteiger partial charge in [0.05, 0.1) is 5.69 Å². The molecule has 1 saturated heterocycles. The number of halogens is 2. The summed E-state index contributed by atoms with van der Waals surface area (Å²) in [5.41, 5.74) is 8.61. The number of hydrogen-bond acceptors (Lipinski definition) is 5. The predicted octanol–water partition coefficient (Wildman–Crippen LogP) is 3.97. The lowest BCUT2D eigenvalue weighted by Crippen LogP contribution is -2.36. The van der Waals surface area contributed by atoms with Gasteiger partial charge < -0.3 is 15.5 Å². The van der Waals surface area contributed by atoms with Crippen molar-refractivity contribution in [2.24, 2.45) is 5.73 Å². The summed E-state index contributed by atoms with van der Waals surface area (Å²) in [5.74, 6) is 3.04. The molecule has 2 N–H and O–H groups in total. The third kappa shape index (κ3) is 4.88. The third-order valence-electron chi connectivity index (χ3n) is 5.80. The van der Waals surface area contributed by atoms with Crippen LogP contribution in [0.3, 0.4) is 0 Å². The van der Waals surface area contributed by atoms with Gasteiger partial charge in [-0.15, -0.1) is 24.8 Å². The number of aromatic nitrogens is 2. The molecule has 4 rings (SSSR count). The Bertz CT molecular complexity index is 742. The topological polar surface area (TPSA) is 58.3 Å². The fourth-order valence-corrected chi connectivity index (χ4v) is 4.08. The van der Waals surface area contributed by atoms with E-state index in [1.807, 2.05) is 19.0 Å². The fourth-order valence-electron chi connectivity index (χ4n) is 4.08. The molecular formula is C21H31Cl2N5. The number of hydrogen-bond donors (Lipinski definition) is 1. The van der Waals surface area contributed by atoms with Crippen molar-refractivity contribution in [1.82, 2.24) is 9.97 Å². The lowest BCUT2D eigenvalue weighted by Gasteiger charge is -2.35. The van der Waals surface area contributed by atoms with Crippen LogP contribution in [0.4, 0.5) is 11.8 Å². The molecule has 0 radical (unpaired) electrons. The van der Waals surface area contributed by atoms with Gasteiger partial charge >= 0.3 is 0 Å². The molecule has 2 aliphatic rings. The van der Waals surface area contributed by atoms with Crippen LogP contribution in [-0.4, -0.2) is 43.2 Å². The van der Waals surface area contributed by atoms with Crippen LogP contribution in [0.2, 0.25) is 0 Å². The van der Waals surface area contributed by atoms with E-state index in [0.717, 1.165) is 43.4 Å². The average Bonchev–Trinajstić information content (AvgIpc) is 2.66. The molecule has 1 saturated carbocycles. The predicted molar refractivity (Wildman–Crippen MR) is 121 cm³/mol. The first kappa shape index (κ1) is 22.7. The van der Waals surface area contributed by atoms with Crippen molar-refractivity contribution >= 4 is 36.6 Å². The van der Waals surface area contributed by atoms with Gasteiger partial charge in [-0.3, -0.25) is 0 Å². The summed E-state index contributed by atoms with van der Waals surface area (Å²) in [6.07, 6.45) is 4.43. The lowest BCUT2D eigenvalue weighted by molar-refractivity contribution is 0.345. The smallest absolute Gasteiger partial charge is 0.227 e. The van der Waals surface area contributed by atoms with E-state index >= 15 is 0 Å². The lowest BCUT2D eigenvalue weighted by atomic mass is 9.78. The summed E-state index contributed by atoms with van der Waals surface area (Å²) in [6.45, 7) is 2.10. The van der Waals surface area contributed by atoms with Crippen LogP contribution in [0.25, 0.3) is 0 Å². The molecule has 0 bridgehead atoms. The Morgan fingerprint density at radius 3 is 2.18 bits per heavy atom. The highest BCUT2D eigenvalue weighted by Gasteiger charge is 2.30. The van der Waals surface area contributed by atoms with E-state index in [0.29, 0.717) is 17.9 Å². The Morgan fingerprint density at radius 1 is 0.964 bits per heavy atom. The summed E-state index contributed by atoms with van der Waals surface area (Å²) in [5, 5.41) is 0. The van der Waals surface area contributed by atoms with E-state index in [1.54, 1.807) is 0 Å². The molecule has 0 unspecified atom stereocenters. The van der Waals surface area contributed by atoms with E-state index in [2.05, 4.69) is 41.3 Å². The molecule has 0 amide bonds. The van der Waals surface area contributed by atoms with Gasteiger partial charge in [-0.05, 0) is 37.2 Å². The molecule has 5 nitrogen and oxygen atoms in total. The second-order valence-electron chi connectivity index (χ2n) is 7.95. The Morgan fingerprint density at radius 2 is 1.61 bits per heavy atom. The number of anilines is 2. The van der Waals surface area contributed by atoms with Crippen molar-refractivity contribution in [2.75, 3.05) is 37.0 Å². The minimum atomic E-state index is 0. The second kappa shape index (κ2) is 9.77. The zero-order valence-electron chi connectivity index (χ0n) is 16.6. The minimum absolute atomic E-state index is 0. The monoisotopic (exact) mass is 423 g/mol. The van der Waals surface area contributed by atoms with E-state index in [4.69, 9.17) is 15.7 Å². The molecule has 2 fully saturated rings. The Kier molecular flexibility index (Phi) is 7.93. The molecule has 7 heteroatoms. The summed E-state index contributed by atoms with van der Waals surface area (Å²) >= 11 is 0. The first-order valence-corrected chi connectivity index (χ1v) is 9.72. The number of nitrogens with zero attached hydrogens (tertiary/aromatic N) is 4. The Hall–Kier alpha value is -1.56. The number of piperidine rings is 1. The first-order valence-electron chi connectivity index (χ1n) is 9.72. The molecule has 1 aliphatic carbocycles. The maximum atomic E-state index is 5.99.